The predicted molar refractivity (Wildman–Crippen MR) is 81.1 cm³/mol. The van der Waals surface area contributed by atoms with Crippen LogP contribution in [0.1, 0.15) is 38.4 Å². The van der Waals surface area contributed by atoms with E-state index < -0.39 is 0 Å². The SMILES string of the molecule is CC(C)c1nccc(N2CCC[C@H](Cn3cncn3)C2)n1. The molecule has 3 rings (SSSR count). The van der Waals surface area contributed by atoms with Crippen LogP contribution in [-0.4, -0.2) is 37.8 Å². The van der Waals surface area contributed by atoms with Crippen LogP contribution in [-0.2, 0) is 6.54 Å². The van der Waals surface area contributed by atoms with Crippen LogP contribution in [0.15, 0.2) is 24.9 Å². The summed E-state index contributed by atoms with van der Waals surface area (Å²) in [6.07, 6.45) is 7.69. The highest BCUT2D eigenvalue weighted by Crippen LogP contribution is 2.23. The first-order valence-electron chi connectivity index (χ1n) is 7.62. The van der Waals surface area contributed by atoms with Gasteiger partial charge in [-0.2, -0.15) is 5.10 Å². The van der Waals surface area contributed by atoms with Gasteiger partial charge in [0.25, 0.3) is 0 Å². The number of aromatic nitrogens is 5. The molecule has 0 unspecified atom stereocenters. The largest absolute Gasteiger partial charge is 0.356 e. The van der Waals surface area contributed by atoms with E-state index >= 15 is 0 Å². The van der Waals surface area contributed by atoms with Gasteiger partial charge in [0.1, 0.15) is 24.3 Å². The fourth-order valence-electron chi connectivity index (χ4n) is 2.83. The van der Waals surface area contributed by atoms with Crippen molar-refractivity contribution in [1.29, 1.82) is 0 Å². The highest BCUT2D eigenvalue weighted by Gasteiger charge is 2.22. The molecule has 1 aliphatic heterocycles. The van der Waals surface area contributed by atoms with Crippen molar-refractivity contribution in [2.45, 2.75) is 39.2 Å². The second kappa shape index (κ2) is 6.20. The molecular weight excluding hydrogens is 264 g/mol. The van der Waals surface area contributed by atoms with Gasteiger partial charge < -0.3 is 4.90 Å². The van der Waals surface area contributed by atoms with E-state index in [1.165, 1.54) is 12.8 Å². The third-order valence-corrected chi connectivity index (χ3v) is 3.93. The maximum Gasteiger partial charge on any atom is 0.137 e. The average Bonchev–Trinajstić information content (AvgIpc) is 3.00. The molecule has 1 aliphatic rings. The van der Waals surface area contributed by atoms with Crippen LogP contribution >= 0.6 is 0 Å². The minimum Gasteiger partial charge on any atom is -0.356 e. The molecule has 0 spiro atoms. The van der Waals surface area contributed by atoms with E-state index in [9.17, 15) is 0 Å². The maximum atomic E-state index is 4.71. The van der Waals surface area contributed by atoms with E-state index in [1.54, 1.807) is 12.7 Å². The molecule has 0 bridgehead atoms. The lowest BCUT2D eigenvalue weighted by Gasteiger charge is -2.33. The molecule has 0 aliphatic carbocycles. The van der Waals surface area contributed by atoms with E-state index in [0.29, 0.717) is 11.8 Å². The summed E-state index contributed by atoms with van der Waals surface area (Å²) in [5, 5.41) is 4.21. The van der Waals surface area contributed by atoms with Crippen molar-refractivity contribution < 1.29 is 0 Å². The van der Waals surface area contributed by atoms with Crippen LogP contribution in [0.5, 0.6) is 0 Å². The third-order valence-electron chi connectivity index (χ3n) is 3.93. The van der Waals surface area contributed by atoms with Crippen LogP contribution < -0.4 is 4.90 Å². The Morgan fingerprint density at radius 1 is 1.38 bits per heavy atom. The van der Waals surface area contributed by atoms with Gasteiger partial charge >= 0.3 is 0 Å². The van der Waals surface area contributed by atoms with Crippen molar-refractivity contribution >= 4 is 5.82 Å². The number of hydrogen-bond acceptors (Lipinski definition) is 5. The number of anilines is 1. The fraction of sp³-hybridized carbons (Fsp3) is 0.600. The molecule has 6 heteroatoms. The smallest absolute Gasteiger partial charge is 0.137 e. The minimum absolute atomic E-state index is 0.362. The minimum atomic E-state index is 0.362. The van der Waals surface area contributed by atoms with Crippen LogP contribution in [0.3, 0.4) is 0 Å². The van der Waals surface area contributed by atoms with Crippen molar-refractivity contribution in [1.82, 2.24) is 24.7 Å². The lowest BCUT2D eigenvalue weighted by Crippen LogP contribution is -2.37. The molecule has 3 heterocycles. The molecule has 0 aromatic carbocycles. The number of nitrogens with zero attached hydrogens (tertiary/aromatic N) is 6. The zero-order chi connectivity index (χ0) is 14.7. The van der Waals surface area contributed by atoms with Gasteiger partial charge in [-0.3, -0.25) is 4.68 Å². The van der Waals surface area contributed by atoms with Gasteiger partial charge in [0.05, 0.1) is 0 Å². The lowest BCUT2D eigenvalue weighted by molar-refractivity contribution is 0.350. The summed E-state index contributed by atoms with van der Waals surface area (Å²) in [6, 6.07) is 2.02. The van der Waals surface area contributed by atoms with Crippen molar-refractivity contribution in [3.8, 4) is 0 Å². The summed E-state index contributed by atoms with van der Waals surface area (Å²) >= 11 is 0. The van der Waals surface area contributed by atoms with Gasteiger partial charge in [0, 0.05) is 31.7 Å². The summed E-state index contributed by atoms with van der Waals surface area (Å²) in [5.41, 5.74) is 0. The molecule has 1 saturated heterocycles. The van der Waals surface area contributed by atoms with Gasteiger partial charge in [-0.05, 0) is 24.8 Å². The Bertz CT molecular complexity index is 565. The topological polar surface area (TPSA) is 59.7 Å². The van der Waals surface area contributed by atoms with Crippen molar-refractivity contribution in [3.05, 3.63) is 30.7 Å². The Morgan fingerprint density at radius 3 is 3.05 bits per heavy atom. The molecular formula is C15H22N6. The van der Waals surface area contributed by atoms with Gasteiger partial charge in [-0.1, -0.05) is 13.8 Å². The lowest BCUT2D eigenvalue weighted by atomic mass is 9.98. The van der Waals surface area contributed by atoms with Gasteiger partial charge in [0.15, 0.2) is 0 Å². The second-order valence-corrected chi connectivity index (χ2v) is 6.00. The van der Waals surface area contributed by atoms with Crippen LogP contribution in [0.4, 0.5) is 5.82 Å². The molecule has 0 N–H and O–H groups in total. The monoisotopic (exact) mass is 286 g/mol. The van der Waals surface area contributed by atoms with Gasteiger partial charge in [0.2, 0.25) is 0 Å². The summed E-state index contributed by atoms with van der Waals surface area (Å²) in [7, 11) is 0. The van der Waals surface area contributed by atoms with E-state index in [-0.39, 0.29) is 0 Å². The Kier molecular flexibility index (Phi) is 4.13. The standard InChI is InChI=1S/C15H22N6/c1-12(2)15-17-6-5-14(19-15)20-7-3-4-13(8-20)9-21-11-16-10-18-21/h5-6,10-13H,3-4,7-9H2,1-2H3/t13-/m0/s1. The van der Waals surface area contributed by atoms with E-state index in [2.05, 4.69) is 33.8 Å². The summed E-state index contributed by atoms with van der Waals surface area (Å²) < 4.78 is 1.92. The van der Waals surface area contributed by atoms with E-state index in [1.807, 2.05) is 16.9 Å². The molecule has 0 saturated carbocycles. The first-order valence-corrected chi connectivity index (χ1v) is 7.62. The Hall–Kier alpha value is -1.98. The molecule has 6 nitrogen and oxygen atoms in total. The first-order chi connectivity index (χ1) is 10.2. The normalized spacial score (nSPS) is 19.2. The zero-order valence-corrected chi connectivity index (χ0v) is 12.7. The fourth-order valence-corrected chi connectivity index (χ4v) is 2.83. The highest BCUT2D eigenvalue weighted by molar-refractivity contribution is 5.38. The van der Waals surface area contributed by atoms with Gasteiger partial charge in [-0.25, -0.2) is 15.0 Å². The number of piperidine rings is 1. The Labute approximate surface area is 125 Å². The molecule has 2 aromatic rings. The Morgan fingerprint density at radius 2 is 2.29 bits per heavy atom. The second-order valence-electron chi connectivity index (χ2n) is 6.00. The number of rotatable bonds is 4. The van der Waals surface area contributed by atoms with E-state index in [4.69, 9.17) is 4.98 Å². The average molecular weight is 286 g/mol. The van der Waals surface area contributed by atoms with Crippen LogP contribution in [0.25, 0.3) is 0 Å². The summed E-state index contributed by atoms with van der Waals surface area (Å²) in [6.45, 7) is 7.28. The predicted octanol–water partition coefficient (Wildman–Crippen LogP) is 2.11. The molecule has 0 amide bonds. The Balaban J connectivity index is 1.69. The van der Waals surface area contributed by atoms with Crippen molar-refractivity contribution in [2.24, 2.45) is 5.92 Å². The van der Waals surface area contributed by atoms with Crippen molar-refractivity contribution in [2.75, 3.05) is 18.0 Å². The molecule has 2 aromatic heterocycles. The quantitative estimate of drug-likeness (QED) is 0.861. The third kappa shape index (κ3) is 3.37. The molecule has 112 valence electrons. The molecule has 21 heavy (non-hydrogen) atoms. The molecule has 1 atom stereocenters. The van der Waals surface area contributed by atoms with Crippen LogP contribution in [0, 0.1) is 5.92 Å². The van der Waals surface area contributed by atoms with Crippen LogP contribution in [0.2, 0.25) is 0 Å². The molecule has 0 radical (unpaired) electrons. The van der Waals surface area contributed by atoms with Gasteiger partial charge in [-0.15, -0.1) is 0 Å². The highest BCUT2D eigenvalue weighted by atomic mass is 15.3. The zero-order valence-electron chi connectivity index (χ0n) is 12.7. The maximum absolute atomic E-state index is 4.71. The summed E-state index contributed by atoms with van der Waals surface area (Å²) in [5.74, 6) is 2.93. The summed E-state index contributed by atoms with van der Waals surface area (Å²) in [4.78, 5) is 15.4. The van der Waals surface area contributed by atoms with E-state index in [0.717, 1.165) is 31.3 Å². The number of hydrogen-bond donors (Lipinski definition) is 0. The first kappa shape index (κ1) is 14.0. The molecule has 1 fully saturated rings. The van der Waals surface area contributed by atoms with Crippen molar-refractivity contribution in [3.63, 3.8) is 0 Å².